The maximum atomic E-state index is 13.5. The molecule has 2 N–H and O–H groups in total. The van der Waals surface area contributed by atoms with Crippen molar-refractivity contribution in [2.75, 3.05) is 25.1 Å². The molecule has 7 nitrogen and oxygen atoms in total. The van der Waals surface area contributed by atoms with Crippen LogP contribution in [-0.2, 0) is 19.1 Å². The first-order valence-electron chi connectivity index (χ1n) is 8.00. The van der Waals surface area contributed by atoms with E-state index in [1.165, 1.54) is 0 Å². The van der Waals surface area contributed by atoms with Crippen LogP contribution in [0.2, 0.25) is 0 Å². The van der Waals surface area contributed by atoms with Gasteiger partial charge in [0.15, 0.2) is 30.7 Å². The zero-order valence-corrected chi connectivity index (χ0v) is 16.2. The molecule has 0 saturated carbocycles. The van der Waals surface area contributed by atoms with Gasteiger partial charge in [0.1, 0.15) is 5.75 Å². The molecular weight excluding hydrogens is 461 g/mol. The zero-order chi connectivity index (χ0) is 21.4. The molecule has 0 fully saturated rings. The summed E-state index contributed by atoms with van der Waals surface area (Å²) in [5.74, 6) is -6.79. The highest BCUT2D eigenvalue weighted by Crippen LogP contribution is 2.19. The standard InChI is InChI=1S/C18H14BrF3N2O5/c19-10-2-1-3-11(6-10)28-9-16(27)29-8-15(26)23-7-14(25)24-13-5-4-12(20)17(21)18(13)22/h1-6H,7-9H2,(H,23,26)(H,24,25). The summed E-state index contributed by atoms with van der Waals surface area (Å²) in [6.07, 6.45) is 0. The van der Waals surface area contributed by atoms with Gasteiger partial charge in [-0.3, -0.25) is 9.59 Å². The van der Waals surface area contributed by atoms with Gasteiger partial charge in [-0.1, -0.05) is 22.0 Å². The molecule has 154 valence electrons. The molecule has 0 unspecified atom stereocenters. The number of carbonyl (C=O) groups is 3. The molecule has 11 heteroatoms. The number of esters is 1. The van der Waals surface area contributed by atoms with Crippen molar-refractivity contribution in [3.63, 3.8) is 0 Å². The Hall–Kier alpha value is -3.08. The van der Waals surface area contributed by atoms with Crippen molar-refractivity contribution in [2.24, 2.45) is 0 Å². The van der Waals surface area contributed by atoms with E-state index in [0.29, 0.717) is 11.8 Å². The van der Waals surface area contributed by atoms with Crippen molar-refractivity contribution in [1.82, 2.24) is 5.32 Å². The highest BCUT2D eigenvalue weighted by atomic mass is 79.9. The van der Waals surface area contributed by atoms with Crippen molar-refractivity contribution >= 4 is 39.4 Å². The quantitative estimate of drug-likeness (QED) is 0.453. The van der Waals surface area contributed by atoms with E-state index in [1.54, 1.807) is 24.3 Å². The van der Waals surface area contributed by atoms with Crippen LogP contribution in [0.4, 0.5) is 18.9 Å². The van der Waals surface area contributed by atoms with E-state index in [1.807, 2.05) is 5.32 Å². The Bertz CT molecular complexity index is 926. The largest absolute Gasteiger partial charge is 0.482 e. The summed E-state index contributed by atoms with van der Waals surface area (Å²) in [5, 5.41) is 4.09. The minimum atomic E-state index is -1.73. The maximum absolute atomic E-state index is 13.5. The Morgan fingerprint density at radius 1 is 0.966 bits per heavy atom. The maximum Gasteiger partial charge on any atom is 0.344 e. The molecule has 0 aromatic heterocycles. The van der Waals surface area contributed by atoms with Crippen LogP contribution in [0.15, 0.2) is 40.9 Å². The van der Waals surface area contributed by atoms with Crippen LogP contribution in [-0.4, -0.2) is 37.5 Å². The van der Waals surface area contributed by atoms with Crippen LogP contribution >= 0.6 is 15.9 Å². The molecule has 0 bridgehead atoms. The summed E-state index contributed by atoms with van der Waals surface area (Å²) in [6, 6.07) is 8.21. The van der Waals surface area contributed by atoms with Gasteiger partial charge in [-0.2, -0.15) is 0 Å². The SMILES string of the molecule is O=C(COC(=O)COc1cccc(Br)c1)NCC(=O)Nc1ccc(F)c(F)c1F. The highest BCUT2D eigenvalue weighted by Gasteiger charge is 2.16. The number of hydrogen-bond acceptors (Lipinski definition) is 5. The molecule has 0 spiro atoms. The van der Waals surface area contributed by atoms with E-state index in [-0.39, 0.29) is 0 Å². The zero-order valence-electron chi connectivity index (χ0n) is 14.6. The number of anilines is 1. The minimum absolute atomic E-state index is 0.418. The highest BCUT2D eigenvalue weighted by molar-refractivity contribution is 9.10. The normalized spacial score (nSPS) is 10.2. The van der Waals surface area contributed by atoms with Gasteiger partial charge in [0, 0.05) is 4.47 Å². The average molecular weight is 475 g/mol. The lowest BCUT2D eigenvalue weighted by Crippen LogP contribution is -2.36. The van der Waals surface area contributed by atoms with E-state index in [9.17, 15) is 27.6 Å². The Kier molecular flexibility index (Phi) is 8.01. The van der Waals surface area contributed by atoms with E-state index in [2.05, 4.69) is 26.0 Å². The van der Waals surface area contributed by atoms with Gasteiger partial charge in [-0.05, 0) is 30.3 Å². The van der Waals surface area contributed by atoms with Crippen molar-refractivity contribution < 1.29 is 37.0 Å². The molecular formula is C18H14BrF3N2O5. The van der Waals surface area contributed by atoms with E-state index in [4.69, 9.17) is 4.74 Å². The van der Waals surface area contributed by atoms with Gasteiger partial charge in [0.2, 0.25) is 5.91 Å². The predicted molar refractivity (Wildman–Crippen MR) is 98.6 cm³/mol. The molecule has 2 rings (SSSR count). The topological polar surface area (TPSA) is 93.7 Å². The molecule has 2 aromatic carbocycles. The fourth-order valence-corrected chi connectivity index (χ4v) is 2.31. The summed E-state index contributed by atoms with van der Waals surface area (Å²) in [7, 11) is 0. The van der Waals surface area contributed by atoms with Crippen molar-refractivity contribution in [3.8, 4) is 5.75 Å². The molecule has 0 aliphatic heterocycles. The van der Waals surface area contributed by atoms with Crippen molar-refractivity contribution in [3.05, 3.63) is 58.3 Å². The predicted octanol–water partition coefficient (Wildman–Crippen LogP) is 2.54. The summed E-state index contributed by atoms with van der Waals surface area (Å²) >= 11 is 3.24. The number of carbonyl (C=O) groups excluding carboxylic acids is 3. The second-order valence-electron chi connectivity index (χ2n) is 5.45. The molecule has 29 heavy (non-hydrogen) atoms. The molecule has 0 saturated heterocycles. The number of benzene rings is 2. The minimum Gasteiger partial charge on any atom is -0.482 e. The summed E-state index contributed by atoms with van der Waals surface area (Å²) in [5.41, 5.74) is -0.584. The van der Waals surface area contributed by atoms with Crippen LogP contribution in [0.1, 0.15) is 0 Å². The van der Waals surface area contributed by atoms with Crippen molar-refractivity contribution in [1.29, 1.82) is 0 Å². The van der Waals surface area contributed by atoms with E-state index in [0.717, 1.165) is 10.5 Å². The third-order valence-corrected chi connectivity index (χ3v) is 3.77. The molecule has 2 aromatic rings. The molecule has 0 radical (unpaired) electrons. The second-order valence-corrected chi connectivity index (χ2v) is 6.37. The fourth-order valence-electron chi connectivity index (χ4n) is 1.93. The average Bonchev–Trinajstić information content (AvgIpc) is 2.69. The van der Waals surface area contributed by atoms with Gasteiger partial charge in [0.25, 0.3) is 5.91 Å². The van der Waals surface area contributed by atoms with Gasteiger partial charge in [0.05, 0.1) is 12.2 Å². The molecule has 0 aliphatic rings. The van der Waals surface area contributed by atoms with E-state index >= 15 is 0 Å². The lowest BCUT2D eigenvalue weighted by atomic mass is 10.2. The number of amides is 2. The van der Waals surface area contributed by atoms with Gasteiger partial charge < -0.3 is 20.1 Å². The Morgan fingerprint density at radius 3 is 2.45 bits per heavy atom. The molecule has 0 atom stereocenters. The third kappa shape index (κ3) is 7.11. The van der Waals surface area contributed by atoms with Gasteiger partial charge in [-0.25, -0.2) is 18.0 Å². The Labute approximate surface area is 171 Å². The van der Waals surface area contributed by atoms with Crippen LogP contribution in [0.3, 0.4) is 0 Å². The first-order valence-corrected chi connectivity index (χ1v) is 8.79. The number of halogens is 4. The summed E-state index contributed by atoms with van der Waals surface area (Å²) in [6.45, 7) is -1.71. The molecule has 2 amide bonds. The van der Waals surface area contributed by atoms with Crippen LogP contribution < -0.4 is 15.4 Å². The third-order valence-electron chi connectivity index (χ3n) is 3.27. The first-order chi connectivity index (χ1) is 13.8. The second kappa shape index (κ2) is 10.5. The number of hydrogen-bond donors (Lipinski definition) is 2. The van der Waals surface area contributed by atoms with Crippen LogP contribution in [0.25, 0.3) is 0 Å². The fraction of sp³-hybridized carbons (Fsp3) is 0.167. The van der Waals surface area contributed by atoms with Crippen LogP contribution in [0.5, 0.6) is 5.75 Å². The van der Waals surface area contributed by atoms with E-state index < -0.39 is 60.7 Å². The number of nitrogens with one attached hydrogen (secondary N) is 2. The monoisotopic (exact) mass is 474 g/mol. The van der Waals surface area contributed by atoms with Gasteiger partial charge in [-0.15, -0.1) is 0 Å². The number of rotatable bonds is 8. The summed E-state index contributed by atoms with van der Waals surface area (Å²) in [4.78, 5) is 34.8. The lowest BCUT2D eigenvalue weighted by Gasteiger charge is -2.09. The van der Waals surface area contributed by atoms with Crippen molar-refractivity contribution in [2.45, 2.75) is 0 Å². The lowest BCUT2D eigenvalue weighted by molar-refractivity contribution is -0.150. The van der Waals surface area contributed by atoms with Gasteiger partial charge >= 0.3 is 5.97 Å². The Balaban J connectivity index is 1.69. The molecule has 0 heterocycles. The van der Waals surface area contributed by atoms with Crippen LogP contribution in [0, 0.1) is 17.5 Å². The Morgan fingerprint density at radius 2 is 1.72 bits per heavy atom. The molecule has 0 aliphatic carbocycles. The number of ether oxygens (including phenoxy) is 2. The summed E-state index contributed by atoms with van der Waals surface area (Å²) < 4.78 is 50.0. The first kappa shape index (κ1) is 22.2. The smallest absolute Gasteiger partial charge is 0.344 e.